The molecular weight excluding hydrogens is 126 g/mol. The van der Waals surface area contributed by atoms with Gasteiger partial charge in [-0.1, -0.05) is 0 Å². The standard InChI is InChI=1S/C8H13NO/c1-8(2,3)9-6-4-5(6)7(9)10/h5-6H,4H2,1-3H3. The predicted octanol–water partition coefficient (Wildman–Crippen LogP) is 1.02. The zero-order chi connectivity index (χ0) is 7.52. The summed E-state index contributed by atoms with van der Waals surface area (Å²) >= 11 is 0. The van der Waals surface area contributed by atoms with Gasteiger partial charge in [-0.25, -0.2) is 0 Å². The molecule has 1 amide bonds. The quantitative estimate of drug-likeness (QED) is 0.459. The van der Waals surface area contributed by atoms with Crippen molar-refractivity contribution in [2.24, 2.45) is 5.92 Å². The Kier molecular flexibility index (Phi) is 0.859. The molecule has 0 spiro atoms. The summed E-state index contributed by atoms with van der Waals surface area (Å²) in [6.45, 7) is 6.29. The number of carbonyl (C=O) groups is 1. The lowest BCUT2D eigenvalue weighted by molar-refractivity contribution is -0.147. The highest BCUT2D eigenvalue weighted by Gasteiger charge is 2.62. The molecule has 0 N–H and O–H groups in total. The molecule has 0 radical (unpaired) electrons. The van der Waals surface area contributed by atoms with E-state index in [4.69, 9.17) is 0 Å². The van der Waals surface area contributed by atoms with Crippen LogP contribution in [0.5, 0.6) is 0 Å². The number of hydrogen-bond acceptors (Lipinski definition) is 1. The molecule has 0 aromatic heterocycles. The summed E-state index contributed by atoms with van der Waals surface area (Å²) in [6.07, 6.45) is 1.12. The van der Waals surface area contributed by atoms with Gasteiger partial charge in [0.15, 0.2) is 0 Å². The van der Waals surface area contributed by atoms with Crippen molar-refractivity contribution in [3.63, 3.8) is 0 Å². The number of likely N-dealkylation sites (tertiary alicyclic amines) is 1. The zero-order valence-electron chi connectivity index (χ0n) is 6.72. The largest absolute Gasteiger partial charge is 0.334 e. The van der Waals surface area contributed by atoms with Gasteiger partial charge in [0.05, 0.1) is 5.92 Å². The number of hydrogen-bond donors (Lipinski definition) is 0. The zero-order valence-corrected chi connectivity index (χ0v) is 6.72. The Morgan fingerprint density at radius 2 is 2.10 bits per heavy atom. The molecule has 1 aliphatic heterocycles. The first-order chi connectivity index (χ1) is 4.52. The molecule has 2 aliphatic rings. The van der Waals surface area contributed by atoms with Crippen molar-refractivity contribution in [3.8, 4) is 0 Å². The summed E-state index contributed by atoms with van der Waals surface area (Å²) in [5.41, 5.74) is 0.0642. The smallest absolute Gasteiger partial charge is 0.228 e. The van der Waals surface area contributed by atoms with Crippen LogP contribution in [0.15, 0.2) is 0 Å². The normalized spacial score (nSPS) is 37.1. The molecule has 56 valence electrons. The van der Waals surface area contributed by atoms with E-state index in [1.807, 2.05) is 4.90 Å². The Labute approximate surface area is 61.2 Å². The molecule has 1 saturated heterocycles. The Morgan fingerprint density at radius 1 is 1.50 bits per heavy atom. The minimum Gasteiger partial charge on any atom is -0.334 e. The first-order valence-corrected chi connectivity index (χ1v) is 3.85. The van der Waals surface area contributed by atoms with Crippen LogP contribution in [0.3, 0.4) is 0 Å². The van der Waals surface area contributed by atoms with Gasteiger partial charge in [0.2, 0.25) is 5.91 Å². The van der Waals surface area contributed by atoms with Crippen LogP contribution in [0.25, 0.3) is 0 Å². The van der Waals surface area contributed by atoms with E-state index in [1.165, 1.54) is 0 Å². The fourth-order valence-corrected chi connectivity index (χ4v) is 1.82. The van der Waals surface area contributed by atoms with Gasteiger partial charge in [-0.2, -0.15) is 0 Å². The van der Waals surface area contributed by atoms with E-state index in [9.17, 15) is 4.79 Å². The predicted molar refractivity (Wildman–Crippen MR) is 38.5 cm³/mol. The Bertz CT molecular complexity index is 192. The number of nitrogens with zero attached hydrogens (tertiary/aromatic N) is 1. The third kappa shape index (κ3) is 0.568. The highest BCUT2D eigenvalue weighted by atomic mass is 16.2. The van der Waals surface area contributed by atoms with Gasteiger partial charge >= 0.3 is 0 Å². The Morgan fingerprint density at radius 3 is 2.30 bits per heavy atom. The first-order valence-electron chi connectivity index (χ1n) is 3.85. The van der Waals surface area contributed by atoms with E-state index in [0.717, 1.165) is 6.42 Å². The van der Waals surface area contributed by atoms with Crippen LogP contribution in [0.1, 0.15) is 27.2 Å². The molecule has 1 aliphatic carbocycles. The molecule has 0 aromatic rings. The van der Waals surface area contributed by atoms with Crippen LogP contribution < -0.4 is 0 Å². The van der Waals surface area contributed by atoms with Gasteiger partial charge in [0, 0.05) is 11.6 Å². The number of carbonyl (C=O) groups excluding carboxylic acids is 1. The molecule has 2 unspecified atom stereocenters. The van der Waals surface area contributed by atoms with Crippen molar-refractivity contribution < 1.29 is 4.79 Å². The van der Waals surface area contributed by atoms with Crippen molar-refractivity contribution in [2.75, 3.05) is 0 Å². The highest BCUT2D eigenvalue weighted by molar-refractivity contribution is 5.91. The van der Waals surface area contributed by atoms with Crippen molar-refractivity contribution in [1.82, 2.24) is 4.90 Å². The summed E-state index contributed by atoms with van der Waals surface area (Å²) < 4.78 is 0. The summed E-state index contributed by atoms with van der Waals surface area (Å²) in [7, 11) is 0. The van der Waals surface area contributed by atoms with E-state index in [1.54, 1.807) is 0 Å². The lowest BCUT2D eigenvalue weighted by Crippen LogP contribution is -2.55. The van der Waals surface area contributed by atoms with E-state index in [0.29, 0.717) is 17.9 Å². The Balaban J connectivity index is 2.14. The van der Waals surface area contributed by atoms with E-state index >= 15 is 0 Å². The lowest BCUT2D eigenvalue weighted by Gasteiger charge is -2.41. The van der Waals surface area contributed by atoms with Crippen LogP contribution in [0.4, 0.5) is 0 Å². The Hall–Kier alpha value is -0.530. The average molecular weight is 139 g/mol. The second-order valence-electron chi connectivity index (χ2n) is 4.29. The molecular formula is C8H13NO. The number of fused-ring (bicyclic) bond motifs is 1. The van der Waals surface area contributed by atoms with Crippen molar-refractivity contribution in [2.45, 2.75) is 38.8 Å². The third-order valence-electron chi connectivity index (χ3n) is 2.37. The third-order valence-corrected chi connectivity index (χ3v) is 2.37. The molecule has 2 heteroatoms. The molecule has 10 heavy (non-hydrogen) atoms. The summed E-state index contributed by atoms with van der Waals surface area (Å²) in [4.78, 5) is 13.2. The maximum Gasteiger partial charge on any atom is 0.228 e. The minimum atomic E-state index is 0.0642. The van der Waals surface area contributed by atoms with Crippen LogP contribution in [-0.4, -0.2) is 22.4 Å². The fraction of sp³-hybridized carbons (Fsp3) is 0.875. The molecule has 2 nitrogen and oxygen atoms in total. The summed E-state index contributed by atoms with van der Waals surface area (Å²) in [5, 5.41) is 0. The average Bonchev–Trinajstić information content (AvgIpc) is 2.37. The second-order valence-corrected chi connectivity index (χ2v) is 4.29. The van der Waals surface area contributed by atoms with Gasteiger partial charge in [-0.05, 0) is 27.2 Å². The van der Waals surface area contributed by atoms with Crippen LogP contribution in [0.2, 0.25) is 0 Å². The van der Waals surface area contributed by atoms with Crippen LogP contribution >= 0.6 is 0 Å². The second kappa shape index (κ2) is 1.39. The topological polar surface area (TPSA) is 20.3 Å². The molecule has 1 saturated carbocycles. The van der Waals surface area contributed by atoms with E-state index < -0.39 is 0 Å². The molecule has 2 rings (SSSR count). The molecule has 0 aromatic carbocycles. The van der Waals surface area contributed by atoms with Crippen molar-refractivity contribution >= 4 is 5.91 Å². The number of amides is 1. The van der Waals surface area contributed by atoms with Gasteiger partial charge in [0.25, 0.3) is 0 Å². The van der Waals surface area contributed by atoms with Crippen molar-refractivity contribution in [1.29, 1.82) is 0 Å². The van der Waals surface area contributed by atoms with Gasteiger partial charge in [-0.15, -0.1) is 0 Å². The number of β-lactam (4-membered cyclic amide) rings is 1. The van der Waals surface area contributed by atoms with Gasteiger partial charge in [-0.3, -0.25) is 4.79 Å². The van der Waals surface area contributed by atoms with Gasteiger partial charge in [0.1, 0.15) is 0 Å². The molecule has 2 atom stereocenters. The van der Waals surface area contributed by atoms with Crippen LogP contribution in [0, 0.1) is 5.92 Å². The maximum absolute atomic E-state index is 11.2. The summed E-state index contributed by atoms with van der Waals surface area (Å²) in [5.74, 6) is 0.803. The summed E-state index contributed by atoms with van der Waals surface area (Å²) in [6, 6.07) is 0.618. The number of rotatable bonds is 0. The van der Waals surface area contributed by atoms with Crippen molar-refractivity contribution in [3.05, 3.63) is 0 Å². The fourth-order valence-electron chi connectivity index (χ4n) is 1.82. The van der Waals surface area contributed by atoms with E-state index in [-0.39, 0.29) is 5.54 Å². The highest BCUT2D eigenvalue weighted by Crippen LogP contribution is 2.50. The molecule has 2 fully saturated rings. The lowest BCUT2D eigenvalue weighted by atomic mass is 10.0. The van der Waals surface area contributed by atoms with E-state index in [2.05, 4.69) is 20.8 Å². The van der Waals surface area contributed by atoms with Crippen LogP contribution in [-0.2, 0) is 4.79 Å². The maximum atomic E-state index is 11.2. The molecule has 1 heterocycles. The first kappa shape index (κ1) is 6.20. The SMILES string of the molecule is CC(C)(C)N1C(=O)C2CC21. The molecule has 0 bridgehead atoms. The monoisotopic (exact) mass is 139 g/mol. The van der Waals surface area contributed by atoms with Gasteiger partial charge < -0.3 is 4.90 Å². The minimum absolute atomic E-state index is 0.0642.